The van der Waals surface area contributed by atoms with Crippen molar-refractivity contribution < 1.29 is 4.79 Å². The lowest BCUT2D eigenvalue weighted by Crippen LogP contribution is -2.31. The molecule has 5 nitrogen and oxygen atoms in total. The fourth-order valence-electron chi connectivity index (χ4n) is 2.48. The van der Waals surface area contributed by atoms with Gasteiger partial charge in [-0.3, -0.25) is 14.0 Å². The van der Waals surface area contributed by atoms with E-state index in [1.807, 2.05) is 44.2 Å². The van der Waals surface area contributed by atoms with Gasteiger partial charge in [-0.2, -0.15) is 0 Å². The normalized spacial score (nSPS) is 10.7. The van der Waals surface area contributed by atoms with Crippen LogP contribution in [0.25, 0.3) is 5.65 Å². The predicted octanol–water partition coefficient (Wildman–Crippen LogP) is 2.24. The number of carbonyl (C=O) groups is 1. The molecule has 1 N–H and O–H groups in total. The first kappa shape index (κ1) is 15.0. The number of fused-ring (bicyclic) bond motifs is 1. The molecule has 1 aromatic carbocycles. The minimum Gasteiger partial charge on any atom is -0.348 e. The number of nitrogens with one attached hydrogen (secondary N) is 1. The minimum atomic E-state index is -0.415. The Kier molecular flexibility index (Phi) is 3.93. The van der Waals surface area contributed by atoms with E-state index in [4.69, 9.17) is 0 Å². The quantitative estimate of drug-likeness (QED) is 0.807. The van der Waals surface area contributed by atoms with E-state index >= 15 is 0 Å². The van der Waals surface area contributed by atoms with Gasteiger partial charge in [-0.25, -0.2) is 4.98 Å². The van der Waals surface area contributed by atoms with E-state index in [-0.39, 0.29) is 11.1 Å². The van der Waals surface area contributed by atoms with E-state index in [1.54, 1.807) is 12.3 Å². The highest BCUT2D eigenvalue weighted by atomic mass is 16.2. The molecule has 0 atom stereocenters. The summed E-state index contributed by atoms with van der Waals surface area (Å²) in [6, 6.07) is 11.4. The number of carbonyl (C=O) groups excluding carboxylic acids is 1. The first-order chi connectivity index (χ1) is 11.1. The van der Waals surface area contributed by atoms with Crippen LogP contribution in [0.1, 0.15) is 27.0 Å². The van der Waals surface area contributed by atoms with Crippen molar-refractivity contribution in [3.63, 3.8) is 0 Å². The van der Waals surface area contributed by atoms with Gasteiger partial charge in [0.2, 0.25) is 0 Å². The molecule has 23 heavy (non-hydrogen) atoms. The third-order valence-corrected chi connectivity index (χ3v) is 3.87. The van der Waals surface area contributed by atoms with Crippen LogP contribution in [0.3, 0.4) is 0 Å². The first-order valence-electron chi connectivity index (χ1n) is 7.37. The highest BCUT2D eigenvalue weighted by Gasteiger charge is 2.13. The van der Waals surface area contributed by atoms with Crippen molar-refractivity contribution in [2.75, 3.05) is 0 Å². The van der Waals surface area contributed by atoms with Gasteiger partial charge in [0, 0.05) is 18.9 Å². The number of pyridine rings is 1. The summed E-state index contributed by atoms with van der Waals surface area (Å²) in [5.41, 5.74) is 3.24. The molecule has 0 saturated carbocycles. The molecule has 0 fully saturated rings. The molecule has 0 saturated heterocycles. The SMILES string of the molecule is Cc1ccccc1CNC(=O)c1cnc2c(C)cccn2c1=O. The maximum Gasteiger partial charge on any atom is 0.270 e. The molecule has 0 aliphatic rings. The smallest absolute Gasteiger partial charge is 0.270 e. The zero-order chi connectivity index (χ0) is 16.4. The molecule has 1 amide bonds. The largest absolute Gasteiger partial charge is 0.348 e. The summed E-state index contributed by atoms with van der Waals surface area (Å²) in [6.45, 7) is 4.23. The molecule has 3 rings (SSSR count). The van der Waals surface area contributed by atoms with E-state index < -0.39 is 5.91 Å². The van der Waals surface area contributed by atoms with Crippen LogP contribution < -0.4 is 10.9 Å². The molecule has 0 spiro atoms. The molecule has 0 aliphatic carbocycles. The van der Waals surface area contributed by atoms with Gasteiger partial charge in [0.25, 0.3) is 11.5 Å². The predicted molar refractivity (Wildman–Crippen MR) is 88.5 cm³/mol. The summed E-state index contributed by atoms with van der Waals surface area (Å²) in [5.74, 6) is -0.415. The number of amides is 1. The van der Waals surface area contributed by atoms with E-state index in [9.17, 15) is 9.59 Å². The summed E-state index contributed by atoms with van der Waals surface area (Å²) < 4.78 is 1.40. The number of rotatable bonds is 3. The van der Waals surface area contributed by atoms with Crippen molar-refractivity contribution in [1.82, 2.24) is 14.7 Å². The van der Waals surface area contributed by atoms with E-state index in [1.165, 1.54) is 10.6 Å². The second-order valence-electron chi connectivity index (χ2n) is 5.47. The summed E-state index contributed by atoms with van der Waals surface area (Å²) in [7, 11) is 0. The molecule has 0 unspecified atom stereocenters. The Morgan fingerprint density at radius 2 is 1.87 bits per heavy atom. The Bertz CT molecular complexity index is 944. The first-order valence-corrected chi connectivity index (χ1v) is 7.37. The van der Waals surface area contributed by atoms with Crippen LogP contribution in [0.4, 0.5) is 0 Å². The molecule has 0 bridgehead atoms. The van der Waals surface area contributed by atoms with E-state index in [0.29, 0.717) is 12.2 Å². The average molecular weight is 307 g/mol. The molecule has 3 aromatic rings. The summed E-state index contributed by atoms with van der Waals surface area (Å²) in [5, 5.41) is 2.78. The summed E-state index contributed by atoms with van der Waals surface area (Å²) in [4.78, 5) is 29.0. The van der Waals surface area contributed by atoms with Crippen molar-refractivity contribution in [2.45, 2.75) is 20.4 Å². The average Bonchev–Trinajstić information content (AvgIpc) is 2.55. The number of nitrogens with zero attached hydrogens (tertiary/aromatic N) is 2. The number of benzene rings is 1. The second-order valence-corrected chi connectivity index (χ2v) is 5.47. The highest BCUT2D eigenvalue weighted by molar-refractivity contribution is 5.93. The molecule has 2 aromatic heterocycles. The topological polar surface area (TPSA) is 63.5 Å². The van der Waals surface area contributed by atoms with E-state index in [2.05, 4.69) is 10.3 Å². The number of aryl methyl sites for hydroxylation is 2. The van der Waals surface area contributed by atoms with Crippen LogP contribution in [0.15, 0.2) is 53.6 Å². The zero-order valence-corrected chi connectivity index (χ0v) is 13.0. The number of hydrogen-bond donors (Lipinski definition) is 1. The Labute approximate surface area is 133 Å². The molecular weight excluding hydrogens is 290 g/mol. The van der Waals surface area contributed by atoms with Gasteiger partial charge < -0.3 is 5.32 Å². The van der Waals surface area contributed by atoms with Crippen molar-refractivity contribution in [3.8, 4) is 0 Å². The molecule has 0 aliphatic heterocycles. The van der Waals surface area contributed by atoms with Crippen LogP contribution in [0.5, 0.6) is 0 Å². The summed E-state index contributed by atoms with van der Waals surface area (Å²) in [6.07, 6.45) is 2.97. The number of hydrogen-bond acceptors (Lipinski definition) is 3. The molecule has 0 radical (unpaired) electrons. The second kappa shape index (κ2) is 6.04. The molecule has 5 heteroatoms. The van der Waals surface area contributed by atoms with Gasteiger partial charge >= 0.3 is 0 Å². The van der Waals surface area contributed by atoms with Crippen molar-refractivity contribution >= 4 is 11.6 Å². The fourth-order valence-corrected chi connectivity index (χ4v) is 2.48. The number of aromatic nitrogens is 2. The van der Waals surface area contributed by atoms with Crippen molar-refractivity contribution in [2.24, 2.45) is 0 Å². The Balaban J connectivity index is 1.88. The van der Waals surface area contributed by atoms with Crippen LogP contribution in [-0.2, 0) is 6.54 Å². The lowest BCUT2D eigenvalue weighted by molar-refractivity contribution is 0.0949. The van der Waals surface area contributed by atoms with Gasteiger partial charge in [-0.15, -0.1) is 0 Å². The third kappa shape index (κ3) is 2.85. The van der Waals surface area contributed by atoms with Crippen LogP contribution >= 0.6 is 0 Å². The van der Waals surface area contributed by atoms with Gasteiger partial charge in [0.05, 0.1) is 0 Å². The highest BCUT2D eigenvalue weighted by Crippen LogP contribution is 2.07. The Morgan fingerprint density at radius 3 is 2.65 bits per heavy atom. The van der Waals surface area contributed by atoms with Gasteiger partial charge in [0.15, 0.2) is 0 Å². The van der Waals surface area contributed by atoms with E-state index in [0.717, 1.165) is 16.7 Å². The molecule has 2 heterocycles. The van der Waals surface area contributed by atoms with Crippen LogP contribution in [0.2, 0.25) is 0 Å². The lowest BCUT2D eigenvalue weighted by Gasteiger charge is -2.09. The van der Waals surface area contributed by atoms with Crippen LogP contribution in [0, 0.1) is 13.8 Å². The summed E-state index contributed by atoms with van der Waals surface area (Å²) >= 11 is 0. The van der Waals surface area contributed by atoms with Crippen LogP contribution in [-0.4, -0.2) is 15.3 Å². The minimum absolute atomic E-state index is 0.0432. The van der Waals surface area contributed by atoms with Gasteiger partial charge in [-0.05, 0) is 36.6 Å². The Hall–Kier alpha value is -2.95. The Morgan fingerprint density at radius 1 is 1.13 bits per heavy atom. The van der Waals surface area contributed by atoms with Crippen molar-refractivity contribution in [1.29, 1.82) is 0 Å². The standard InChI is InChI=1S/C18H17N3O2/c1-12-6-3-4-8-14(12)10-20-17(22)15-11-19-16-13(2)7-5-9-21(16)18(15)23/h3-9,11H,10H2,1-2H3,(H,20,22). The van der Waals surface area contributed by atoms with Gasteiger partial charge in [0.1, 0.15) is 11.2 Å². The van der Waals surface area contributed by atoms with Crippen molar-refractivity contribution in [3.05, 3.63) is 81.4 Å². The maximum atomic E-state index is 12.5. The monoisotopic (exact) mass is 307 g/mol. The molecular formula is C18H17N3O2. The zero-order valence-electron chi connectivity index (χ0n) is 13.0. The fraction of sp³-hybridized carbons (Fsp3) is 0.167. The third-order valence-electron chi connectivity index (χ3n) is 3.87. The lowest BCUT2D eigenvalue weighted by atomic mass is 10.1. The van der Waals surface area contributed by atoms with Gasteiger partial charge in [-0.1, -0.05) is 30.3 Å². The molecule has 116 valence electrons. The maximum absolute atomic E-state index is 12.5.